The molecule has 0 atom stereocenters. The van der Waals surface area contributed by atoms with Crippen LogP contribution in [0.25, 0.3) is 0 Å². The van der Waals surface area contributed by atoms with Crippen molar-refractivity contribution in [3.63, 3.8) is 0 Å². The molecule has 6 heteroatoms. The van der Waals surface area contributed by atoms with Crippen LogP contribution in [0.1, 0.15) is 36.5 Å². The van der Waals surface area contributed by atoms with Gasteiger partial charge in [-0.3, -0.25) is 9.59 Å². The van der Waals surface area contributed by atoms with Gasteiger partial charge in [-0.2, -0.15) is 0 Å². The van der Waals surface area contributed by atoms with Crippen LogP contribution in [0, 0.1) is 0 Å². The fraction of sp³-hybridized carbons (Fsp3) is 0.467. The van der Waals surface area contributed by atoms with Crippen LogP contribution in [0.15, 0.2) is 18.2 Å². The van der Waals surface area contributed by atoms with Gasteiger partial charge in [0, 0.05) is 12.1 Å². The highest BCUT2D eigenvalue weighted by molar-refractivity contribution is 5.95. The van der Waals surface area contributed by atoms with Crippen LogP contribution >= 0.6 is 0 Å². The van der Waals surface area contributed by atoms with E-state index in [1.165, 1.54) is 7.11 Å². The molecule has 0 radical (unpaired) electrons. The number of carbonyl (C=O) groups is 2. The van der Waals surface area contributed by atoms with Crippen molar-refractivity contribution in [2.45, 2.75) is 26.2 Å². The molecule has 0 fully saturated rings. The molecular weight excluding hydrogens is 274 g/mol. The SMILES string of the molecule is CCCCOc1ccc(C(=O)NCCC(=O)O)cc1OC. The third-order valence-corrected chi connectivity index (χ3v) is 2.81. The topological polar surface area (TPSA) is 84.9 Å². The zero-order chi connectivity index (χ0) is 15.7. The first-order valence-electron chi connectivity index (χ1n) is 6.89. The van der Waals surface area contributed by atoms with Crippen molar-refractivity contribution in [3.05, 3.63) is 23.8 Å². The largest absolute Gasteiger partial charge is 0.493 e. The predicted molar refractivity (Wildman–Crippen MR) is 78.0 cm³/mol. The second kappa shape index (κ2) is 8.84. The Hall–Kier alpha value is -2.24. The van der Waals surface area contributed by atoms with Crippen LogP contribution < -0.4 is 14.8 Å². The molecular formula is C15H21NO5. The number of hydrogen-bond acceptors (Lipinski definition) is 4. The molecule has 0 aromatic heterocycles. The molecule has 1 aromatic rings. The Labute approximate surface area is 124 Å². The van der Waals surface area contributed by atoms with E-state index in [-0.39, 0.29) is 18.9 Å². The molecule has 2 N–H and O–H groups in total. The molecule has 0 unspecified atom stereocenters. The van der Waals surface area contributed by atoms with Crippen molar-refractivity contribution in [1.29, 1.82) is 0 Å². The van der Waals surface area contributed by atoms with Crippen molar-refractivity contribution in [2.24, 2.45) is 0 Å². The molecule has 0 saturated carbocycles. The lowest BCUT2D eigenvalue weighted by molar-refractivity contribution is -0.136. The van der Waals surface area contributed by atoms with Crippen LogP contribution in [0.2, 0.25) is 0 Å². The fourth-order valence-corrected chi connectivity index (χ4v) is 1.64. The second-order valence-corrected chi connectivity index (χ2v) is 4.47. The van der Waals surface area contributed by atoms with Gasteiger partial charge < -0.3 is 19.9 Å². The molecule has 0 aliphatic rings. The monoisotopic (exact) mass is 295 g/mol. The van der Waals surface area contributed by atoms with Crippen LogP contribution in [0.5, 0.6) is 11.5 Å². The Morgan fingerprint density at radius 2 is 2.05 bits per heavy atom. The van der Waals surface area contributed by atoms with Gasteiger partial charge in [0.25, 0.3) is 5.91 Å². The number of rotatable bonds is 9. The van der Waals surface area contributed by atoms with Crippen molar-refractivity contribution in [3.8, 4) is 11.5 Å². The average molecular weight is 295 g/mol. The van der Waals surface area contributed by atoms with E-state index >= 15 is 0 Å². The summed E-state index contributed by atoms with van der Waals surface area (Å²) < 4.78 is 10.8. The number of nitrogens with one attached hydrogen (secondary N) is 1. The predicted octanol–water partition coefficient (Wildman–Crippen LogP) is 2.08. The van der Waals surface area contributed by atoms with Crippen molar-refractivity contribution in [2.75, 3.05) is 20.3 Å². The molecule has 0 aliphatic heterocycles. The minimum Gasteiger partial charge on any atom is -0.493 e. The zero-order valence-corrected chi connectivity index (χ0v) is 12.3. The fourth-order valence-electron chi connectivity index (χ4n) is 1.64. The normalized spacial score (nSPS) is 10.0. The minimum atomic E-state index is -0.951. The van der Waals surface area contributed by atoms with Gasteiger partial charge in [-0.15, -0.1) is 0 Å². The number of amides is 1. The van der Waals surface area contributed by atoms with Crippen molar-refractivity contribution >= 4 is 11.9 Å². The summed E-state index contributed by atoms with van der Waals surface area (Å²) in [6, 6.07) is 4.89. The number of hydrogen-bond donors (Lipinski definition) is 2. The van der Waals surface area contributed by atoms with Gasteiger partial charge >= 0.3 is 5.97 Å². The van der Waals surface area contributed by atoms with Gasteiger partial charge in [0.2, 0.25) is 0 Å². The van der Waals surface area contributed by atoms with Crippen LogP contribution in [0.3, 0.4) is 0 Å². The maximum absolute atomic E-state index is 11.9. The molecule has 0 aliphatic carbocycles. The molecule has 0 saturated heterocycles. The lowest BCUT2D eigenvalue weighted by Crippen LogP contribution is -2.26. The van der Waals surface area contributed by atoms with Crippen LogP contribution in [-0.2, 0) is 4.79 Å². The first-order valence-corrected chi connectivity index (χ1v) is 6.89. The first kappa shape index (κ1) is 16.8. The summed E-state index contributed by atoms with van der Waals surface area (Å²) in [4.78, 5) is 22.3. The Morgan fingerprint density at radius 1 is 1.29 bits per heavy atom. The maximum atomic E-state index is 11.9. The Balaban J connectivity index is 2.67. The van der Waals surface area contributed by atoms with Crippen LogP contribution in [-0.4, -0.2) is 37.2 Å². The van der Waals surface area contributed by atoms with Crippen molar-refractivity contribution < 1.29 is 24.2 Å². The number of carboxylic acid groups (broad SMARTS) is 1. The molecule has 0 spiro atoms. The average Bonchev–Trinajstić information content (AvgIpc) is 2.47. The lowest BCUT2D eigenvalue weighted by Gasteiger charge is -2.12. The summed E-state index contributed by atoms with van der Waals surface area (Å²) >= 11 is 0. The minimum absolute atomic E-state index is 0.0885. The van der Waals surface area contributed by atoms with Gasteiger partial charge in [-0.1, -0.05) is 13.3 Å². The standard InChI is InChI=1S/C15H21NO5/c1-3-4-9-21-12-6-5-11(10-13(12)20-2)15(19)16-8-7-14(17)18/h5-6,10H,3-4,7-9H2,1-2H3,(H,16,19)(H,17,18). The molecule has 1 rings (SSSR count). The van der Waals surface area contributed by atoms with E-state index in [1.54, 1.807) is 18.2 Å². The summed E-state index contributed by atoms with van der Waals surface area (Å²) in [7, 11) is 1.51. The van der Waals surface area contributed by atoms with E-state index in [2.05, 4.69) is 12.2 Å². The molecule has 1 aromatic carbocycles. The van der Waals surface area contributed by atoms with E-state index in [0.717, 1.165) is 12.8 Å². The van der Waals surface area contributed by atoms with Gasteiger partial charge in [0.05, 0.1) is 20.1 Å². The number of carbonyl (C=O) groups excluding carboxylic acids is 1. The number of ether oxygens (including phenoxy) is 2. The zero-order valence-electron chi connectivity index (χ0n) is 12.3. The second-order valence-electron chi connectivity index (χ2n) is 4.47. The number of aliphatic carboxylic acids is 1. The summed E-state index contributed by atoms with van der Waals surface area (Å²) in [6.07, 6.45) is 1.87. The van der Waals surface area contributed by atoms with Crippen molar-refractivity contribution in [1.82, 2.24) is 5.32 Å². The summed E-state index contributed by atoms with van der Waals surface area (Å²) in [6.45, 7) is 2.76. The summed E-state index contributed by atoms with van der Waals surface area (Å²) in [5.74, 6) is -0.216. The summed E-state index contributed by atoms with van der Waals surface area (Å²) in [5, 5.41) is 11.1. The van der Waals surface area contributed by atoms with Gasteiger partial charge in [-0.25, -0.2) is 0 Å². The number of carboxylic acids is 1. The van der Waals surface area contributed by atoms with E-state index in [0.29, 0.717) is 23.7 Å². The number of unbranched alkanes of at least 4 members (excludes halogenated alkanes) is 1. The third kappa shape index (κ3) is 5.72. The van der Waals surface area contributed by atoms with Gasteiger partial charge in [0.15, 0.2) is 11.5 Å². The van der Waals surface area contributed by atoms with E-state index < -0.39 is 5.97 Å². The molecule has 0 heterocycles. The number of methoxy groups -OCH3 is 1. The highest BCUT2D eigenvalue weighted by Crippen LogP contribution is 2.28. The van der Waals surface area contributed by atoms with Crippen LogP contribution in [0.4, 0.5) is 0 Å². The quantitative estimate of drug-likeness (QED) is 0.681. The first-order chi connectivity index (χ1) is 10.1. The van der Waals surface area contributed by atoms with E-state index in [4.69, 9.17) is 14.6 Å². The lowest BCUT2D eigenvalue weighted by atomic mass is 10.2. The van der Waals surface area contributed by atoms with Gasteiger partial charge in [0.1, 0.15) is 0 Å². The molecule has 0 bridgehead atoms. The summed E-state index contributed by atoms with van der Waals surface area (Å²) in [5.41, 5.74) is 0.403. The number of benzene rings is 1. The highest BCUT2D eigenvalue weighted by Gasteiger charge is 2.11. The van der Waals surface area contributed by atoms with Gasteiger partial charge in [-0.05, 0) is 24.6 Å². The Kier molecular flexibility index (Phi) is 7.08. The molecule has 6 nitrogen and oxygen atoms in total. The molecule has 116 valence electrons. The van der Waals surface area contributed by atoms with E-state index in [9.17, 15) is 9.59 Å². The maximum Gasteiger partial charge on any atom is 0.305 e. The third-order valence-electron chi connectivity index (χ3n) is 2.81. The highest BCUT2D eigenvalue weighted by atomic mass is 16.5. The Bertz CT molecular complexity index is 487. The molecule has 1 amide bonds. The smallest absolute Gasteiger partial charge is 0.305 e. The van der Waals surface area contributed by atoms with E-state index in [1.807, 2.05) is 0 Å². The Morgan fingerprint density at radius 3 is 2.67 bits per heavy atom. The molecule has 21 heavy (non-hydrogen) atoms.